The quantitative estimate of drug-likeness (QED) is 0.445. The van der Waals surface area contributed by atoms with Crippen LogP contribution < -0.4 is 20.1 Å². The van der Waals surface area contributed by atoms with Gasteiger partial charge in [0.1, 0.15) is 5.52 Å². The van der Waals surface area contributed by atoms with Crippen molar-refractivity contribution in [3.05, 3.63) is 47.8 Å². The molecule has 3 atom stereocenters. The number of pyridine rings is 1. The summed E-state index contributed by atoms with van der Waals surface area (Å²) in [5, 5.41) is 9.89. The maximum Gasteiger partial charge on any atom is 0.349 e. The predicted octanol–water partition coefficient (Wildman–Crippen LogP) is 1.31. The molecule has 13 nitrogen and oxygen atoms in total. The van der Waals surface area contributed by atoms with Gasteiger partial charge < -0.3 is 29.7 Å². The van der Waals surface area contributed by atoms with Crippen molar-refractivity contribution in [2.45, 2.75) is 39.0 Å². The molecule has 1 aliphatic heterocycles. The molecule has 218 valence electrons. The Kier molecular flexibility index (Phi) is 8.74. The number of esters is 1. The van der Waals surface area contributed by atoms with E-state index >= 15 is 0 Å². The van der Waals surface area contributed by atoms with E-state index in [0.29, 0.717) is 11.0 Å². The normalized spacial score (nSPS) is 20.1. The van der Waals surface area contributed by atoms with Crippen LogP contribution in [-0.2, 0) is 21.4 Å². The minimum atomic E-state index is -1.27. The lowest BCUT2D eigenvalue weighted by atomic mass is 10.0. The molecule has 4 rings (SSSR count). The summed E-state index contributed by atoms with van der Waals surface area (Å²) in [6.07, 6.45) is 1.75. The summed E-state index contributed by atoms with van der Waals surface area (Å²) in [4.78, 5) is 58.8. The Morgan fingerprint density at radius 1 is 1.12 bits per heavy atom. The maximum atomic E-state index is 13.8. The summed E-state index contributed by atoms with van der Waals surface area (Å²) in [5.41, 5.74) is 1.79. The first kappa shape index (κ1) is 29.3. The zero-order chi connectivity index (χ0) is 29.8. The molecule has 0 aliphatic carbocycles. The molecule has 2 unspecified atom stereocenters. The summed E-state index contributed by atoms with van der Waals surface area (Å²) in [6.45, 7) is 5.08. The highest BCUT2D eigenvalue weighted by Gasteiger charge is 2.33. The lowest BCUT2D eigenvalue weighted by Crippen LogP contribution is -2.54. The van der Waals surface area contributed by atoms with Crippen molar-refractivity contribution in [2.75, 3.05) is 27.3 Å². The molecule has 1 aromatic carbocycles. The van der Waals surface area contributed by atoms with Gasteiger partial charge >= 0.3 is 5.97 Å². The number of carbonyl (C=O) groups excluding carboxylic acids is 4. The number of nitrogens with one attached hydrogen (secondary N) is 2. The van der Waals surface area contributed by atoms with Crippen LogP contribution in [0.25, 0.3) is 11.0 Å². The van der Waals surface area contributed by atoms with Gasteiger partial charge in [0.25, 0.3) is 11.8 Å². The molecule has 0 fully saturated rings. The standard InChI is InChI=1S/C28H34N6O7/c1-15(2)20-13-34(27(37)18-9-21-19(29-11-18)12-30-33(21)4)14-24(35)31-16(3)25(28(38)40-6)41-23-10-17(26(36)32-20)7-8-22(23)39-5/h7-12,15-16,20,25H,13-14H2,1-6H3,(H,31,35)(H,32,36)/t16-,20?,25?/m0/s1. The van der Waals surface area contributed by atoms with Gasteiger partial charge in [0.2, 0.25) is 12.0 Å². The highest BCUT2D eigenvalue weighted by Crippen LogP contribution is 2.30. The molecule has 2 bridgehead atoms. The van der Waals surface area contributed by atoms with Crippen molar-refractivity contribution in [3.63, 3.8) is 0 Å². The van der Waals surface area contributed by atoms with Crippen molar-refractivity contribution in [1.82, 2.24) is 30.3 Å². The minimum Gasteiger partial charge on any atom is -0.493 e. The first-order valence-corrected chi connectivity index (χ1v) is 13.1. The van der Waals surface area contributed by atoms with E-state index in [-0.39, 0.29) is 41.6 Å². The van der Waals surface area contributed by atoms with Gasteiger partial charge in [0, 0.05) is 31.4 Å². The molecular weight excluding hydrogens is 532 g/mol. The number of fused-ring (bicyclic) bond motifs is 3. The Morgan fingerprint density at radius 3 is 2.56 bits per heavy atom. The highest BCUT2D eigenvalue weighted by molar-refractivity contribution is 5.99. The predicted molar refractivity (Wildman–Crippen MR) is 148 cm³/mol. The van der Waals surface area contributed by atoms with Gasteiger partial charge in [-0.3, -0.25) is 24.0 Å². The van der Waals surface area contributed by atoms with E-state index in [1.165, 1.54) is 31.4 Å². The topological polar surface area (TPSA) is 154 Å². The average molecular weight is 567 g/mol. The molecule has 0 saturated carbocycles. The third kappa shape index (κ3) is 6.39. The molecule has 0 spiro atoms. The second-order valence-electron chi connectivity index (χ2n) is 10.2. The van der Waals surface area contributed by atoms with Crippen LogP contribution in [0.2, 0.25) is 0 Å². The number of amides is 3. The molecule has 2 N–H and O–H groups in total. The molecule has 13 heteroatoms. The lowest BCUT2D eigenvalue weighted by molar-refractivity contribution is -0.150. The molecule has 3 aromatic rings. The van der Waals surface area contributed by atoms with Gasteiger partial charge in [0.15, 0.2) is 11.5 Å². The number of rotatable bonds is 4. The third-order valence-electron chi connectivity index (χ3n) is 6.96. The molecule has 2 aromatic heterocycles. The first-order valence-electron chi connectivity index (χ1n) is 13.1. The summed E-state index contributed by atoms with van der Waals surface area (Å²) in [5.74, 6) is -1.84. The fourth-order valence-corrected chi connectivity index (χ4v) is 4.52. The van der Waals surface area contributed by atoms with E-state index in [2.05, 4.69) is 20.7 Å². The zero-order valence-corrected chi connectivity index (χ0v) is 23.8. The number of nitrogens with zero attached hydrogens (tertiary/aromatic N) is 4. The van der Waals surface area contributed by atoms with Crippen LogP contribution >= 0.6 is 0 Å². The van der Waals surface area contributed by atoms with E-state index < -0.39 is 41.9 Å². The molecular formula is C28H34N6O7. The second kappa shape index (κ2) is 12.2. The SMILES string of the molecule is COC(=O)C1Oc2cc(ccc2OC)C(=O)NC(C(C)C)CN(C(=O)c2cnc3cnn(C)c3c2)CC(=O)N[C@H]1C. The number of aromatic nitrogens is 3. The van der Waals surface area contributed by atoms with Crippen LogP contribution in [0, 0.1) is 5.92 Å². The van der Waals surface area contributed by atoms with E-state index in [9.17, 15) is 19.2 Å². The fraction of sp³-hybridized carbons (Fsp3) is 0.429. The summed E-state index contributed by atoms with van der Waals surface area (Å²) in [7, 11) is 4.37. The molecule has 1 aliphatic rings. The van der Waals surface area contributed by atoms with Gasteiger partial charge in [0.05, 0.1) is 44.1 Å². The molecule has 0 saturated heterocycles. The largest absolute Gasteiger partial charge is 0.493 e. The number of carbonyl (C=O) groups is 4. The van der Waals surface area contributed by atoms with Crippen LogP contribution in [0.4, 0.5) is 0 Å². The zero-order valence-electron chi connectivity index (χ0n) is 23.8. The van der Waals surface area contributed by atoms with Crippen LogP contribution in [0.5, 0.6) is 11.5 Å². The highest BCUT2D eigenvalue weighted by atomic mass is 16.6. The second-order valence-corrected chi connectivity index (χ2v) is 10.2. The van der Waals surface area contributed by atoms with Crippen LogP contribution in [0.15, 0.2) is 36.7 Å². The van der Waals surface area contributed by atoms with Crippen LogP contribution in [-0.4, -0.2) is 88.9 Å². The summed E-state index contributed by atoms with van der Waals surface area (Å²) < 4.78 is 17.8. The van der Waals surface area contributed by atoms with Gasteiger partial charge in [-0.15, -0.1) is 0 Å². The first-order chi connectivity index (χ1) is 19.5. The Bertz CT molecular complexity index is 1470. The van der Waals surface area contributed by atoms with E-state index in [4.69, 9.17) is 14.2 Å². The molecule has 3 heterocycles. The number of hydrogen-bond donors (Lipinski definition) is 2. The van der Waals surface area contributed by atoms with E-state index in [1.54, 1.807) is 43.0 Å². The van der Waals surface area contributed by atoms with Crippen molar-refractivity contribution in [3.8, 4) is 11.5 Å². The number of aryl methyl sites for hydroxylation is 1. The smallest absolute Gasteiger partial charge is 0.349 e. The van der Waals surface area contributed by atoms with E-state index in [0.717, 1.165) is 0 Å². The maximum absolute atomic E-state index is 13.8. The molecule has 0 radical (unpaired) electrons. The van der Waals surface area contributed by atoms with Crippen molar-refractivity contribution in [2.24, 2.45) is 13.0 Å². The minimum absolute atomic E-state index is 0.0351. The molecule has 41 heavy (non-hydrogen) atoms. The van der Waals surface area contributed by atoms with Crippen molar-refractivity contribution >= 4 is 34.7 Å². The summed E-state index contributed by atoms with van der Waals surface area (Å²) in [6, 6.07) is 4.86. The lowest BCUT2D eigenvalue weighted by Gasteiger charge is -2.31. The Balaban J connectivity index is 1.75. The summed E-state index contributed by atoms with van der Waals surface area (Å²) >= 11 is 0. The fourth-order valence-electron chi connectivity index (χ4n) is 4.52. The number of methoxy groups -OCH3 is 2. The number of ether oxygens (including phenoxy) is 3. The average Bonchev–Trinajstić information content (AvgIpc) is 3.33. The van der Waals surface area contributed by atoms with Gasteiger partial charge in [-0.05, 0) is 37.1 Å². The Hall–Kier alpha value is -4.68. The van der Waals surface area contributed by atoms with Crippen LogP contribution in [0.1, 0.15) is 41.5 Å². The molecule has 3 amide bonds. The van der Waals surface area contributed by atoms with Crippen molar-refractivity contribution in [1.29, 1.82) is 0 Å². The van der Waals surface area contributed by atoms with E-state index in [1.807, 2.05) is 13.8 Å². The number of hydrogen-bond acceptors (Lipinski definition) is 9. The Morgan fingerprint density at radius 2 is 1.88 bits per heavy atom. The van der Waals surface area contributed by atoms with Gasteiger partial charge in [-0.25, -0.2) is 4.79 Å². The van der Waals surface area contributed by atoms with Gasteiger partial charge in [-0.2, -0.15) is 5.10 Å². The third-order valence-corrected chi connectivity index (χ3v) is 6.96. The van der Waals surface area contributed by atoms with Gasteiger partial charge in [-0.1, -0.05) is 13.8 Å². The van der Waals surface area contributed by atoms with Crippen LogP contribution in [0.3, 0.4) is 0 Å². The monoisotopic (exact) mass is 566 g/mol. The van der Waals surface area contributed by atoms with Crippen molar-refractivity contribution < 1.29 is 33.4 Å². The number of benzene rings is 1. The Labute approximate surface area is 237 Å².